The van der Waals surface area contributed by atoms with Crippen molar-refractivity contribution in [2.24, 2.45) is 0 Å². The van der Waals surface area contributed by atoms with Gasteiger partial charge in [-0.05, 0) is 25.5 Å². The highest BCUT2D eigenvalue weighted by Crippen LogP contribution is 2.34. The topological polar surface area (TPSA) is 95.9 Å². The van der Waals surface area contributed by atoms with Gasteiger partial charge in [0.25, 0.3) is 0 Å². The Labute approximate surface area is 188 Å². The van der Waals surface area contributed by atoms with Gasteiger partial charge in [-0.25, -0.2) is 0 Å². The quantitative estimate of drug-likeness (QED) is 0.348. The number of esters is 1. The number of unbranched alkanes of at least 4 members (excludes halogenated alkanes) is 5. The molecule has 0 radical (unpaired) electrons. The van der Waals surface area contributed by atoms with Crippen LogP contribution in [0.3, 0.4) is 0 Å². The number of anilines is 1. The number of fused-ring (bicyclic) bond motifs is 1. The molecule has 0 fully saturated rings. The fourth-order valence-electron chi connectivity index (χ4n) is 3.65. The largest absolute Gasteiger partial charge is 0.480 e. The molecule has 0 saturated carbocycles. The third kappa shape index (κ3) is 7.85. The zero-order valence-corrected chi connectivity index (χ0v) is 19.3. The Hall–Kier alpha value is -2.06. The van der Waals surface area contributed by atoms with Crippen molar-refractivity contribution in [2.45, 2.75) is 75.8 Å². The van der Waals surface area contributed by atoms with Crippen LogP contribution in [-0.2, 0) is 19.1 Å². The second kappa shape index (κ2) is 13.4. The van der Waals surface area contributed by atoms with E-state index >= 15 is 0 Å². The molecule has 0 aliphatic carbocycles. The molecule has 0 aromatic heterocycles. The predicted octanol–water partition coefficient (Wildman–Crippen LogP) is 3.85. The molecule has 2 atom stereocenters. The fourth-order valence-corrected chi connectivity index (χ4v) is 4.74. The van der Waals surface area contributed by atoms with Crippen LogP contribution in [0, 0.1) is 0 Å². The second-order valence-electron chi connectivity index (χ2n) is 7.68. The number of ether oxygens (including phenoxy) is 1. The average Bonchev–Trinajstić information content (AvgIpc) is 2.87. The number of amides is 1. The molecule has 2 unspecified atom stereocenters. The zero-order valence-electron chi connectivity index (χ0n) is 18.5. The summed E-state index contributed by atoms with van der Waals surface area (Å²) in [6.07, 6.45) is 7.20. The Balaban J connectivity index is 2.10. The monoisotopic (exact) mass is 450 g/mol. The van der Waals surface area contributed by atoms with Crippen molar-refractivity contribution in [2.75, 3.05) is 23.8 Å². The van der Waals surface area contributed by atoms with Gasteiger partial charge in [-0.15, -0.1) is 11.8 Å². The highest BCUT2D eigenvalue weighted by atomic mass is 32.2. The number of nitrogens with zero attached hydrogens (tertiary/aromatic N) is 1. The molecule has 1 aliphatic rings. The Morgan fingerprint density at radius 2 is 1.90 bits per heavy atom. The maximum absolute atomic E-state index is 13.2. The van der Waals surface area contributed by atoms with Crippen LogP contribution in [-0.4, -0.2) is 53.9 Å². The number of nitrogens with one attached hydrogen (secondary N) is 1. The summed E-state index contributed by atoms with van der Waals surface area (Å²) in [5.74, 6) is -1.36. The van der Waals surface area contributed by atoms with Gasteiger partial charge in [0.05, 0.1) is 18.3 Å². The van der Waals surface area contributed by atoms with Crippen LogP contribution in [0.5, 0.6) is 0 Å². The lowest BCUT2D eigenvalue weighted by atomic mass is 10.0. The normalized spacial score (nSPS) is 17.0. The standard InChI is InChI=1S/C23H34N2O5S/c1-3-5-6-7-8-9-12-17(23(29)30-4-2)24-18-16-31-20-14-11-10-13-19(20)25(22(18)28)15-21(26)27/h10-11,13-14,17-18,24H,3-9,12,15-16H2,1-2H3,(H,26,27). The summed E-state index contributed by atoms with van der Waals surface area (Å²) in [5.41, 5.74) is 0.591. The molecule has 1 aromatic rings. The number of hydrogen-bond donors (Lipinski definition) is 2. The summed E-state index contributed by atoms with van der Waals surface area (Å²) >= 11 is 1.49. The zero-order chi connectivity index (χ0) is 22.6. The lowest BCUT2D eigenvalue weighted by Gasteiger charge is -2.27. The number of hydrogen-bond acceptors (Lipinski definition) is 6. The lowest BCUT2D eigenvalue weighted by Crippen LogP contribution is -2.54. The summed E-state index contributed by atoms with van der Waals surface area (Å²) in [5, 5.41) is 12.5. The minimum atomic E-state index is -1.08. The van der Waals surface area contributed by atoms with Crippen molar-refractivity contribution in [3.63, 3.8) is 0 Å². The Morgan fingerprint density at radius 1 is 1.19 bits per heavy atom. The van der Waals surface area contributed by atoms with Gasteiger partial charge in [-0.1, -0.05) is 57.6 Å². The van der Waals surface area contributed by atoms with Crippen LogP contribution in [0.15, 0.2) is 29.2 Å². The SMILES string of the molecule is CCCCCCCCC(NC1CSc2ccccc2N(CC(=O)O)C1=O)C(=O)OCC. The predicted molar refractivity (Wildman–Crippen MR) is 122 cm³/mol. The number of aliphatic carboxylic acids is 1. The number of carbonyl (C=O) groups excluding carboxylic acids is 2. The molecule has 1 amide bonds. The molecular formula is C23H34N2O5S. The van der Waals surface area contributed by atoms with Crippen LogP contribution in [0.25, 0.3) is 0 Å². The summed E-state index contributed by atoms with van der Waals surface area (Å²) < 4.78 is 5.23. The number of rotatable bonds is 13. The first-order chi connectivity index (χ1) is 15.0. The van der Waals surface area contributed by atoms with Gasteiger partial charge in [-0.3, -0.25) is 24.6 Å². The summed E-state index contributed by atoms with van der Waals surface area (Å²) in [4.78, 5) is 39.3. The third-order valence-electron chi connectivity index (χ3n) is 5.24. The van der Waals surface area contributed by atoms with Crippen molar-refractivity contribution < 1.29 is 24.2 Å². The molecular weight excluding hydrogens is 416 g/mol. The van der Waals surface area contributed by atoms with Gasteiger partial charge >= 0.3 is 11.9 Å². The summed E-state index contributed by atoms with van der Waals surface area (Å²) in [6.45, 7) is 3.79. The maximum atomic E-state index is 13.2. The molecule has 1 aromatic carbocycles. The highest BCUT2D eigenvalue weighted by molar-refractivity contribution is 7.99. The first kappa shape index (κ1) is 25.2. The van der Waals surface area contributed by atoms with E-state index in [4.69, 9.17) is 4.74 Å². The Morgan fingerprint density at radius 3 is 2.61 bits per heavy atom. The van der Waals surface area contributed by atoms with Crippen molar-refractivity contribution >= 4 is 35.3 Å². The molecule has 8 heteroatoms. The molecule has 1 aliphatic heterocycles. The van der Waals surface area contributed by atoms with E-state index in [1.807, 2.05) is 12.1 Å². The van der Waals surface area contributed by atoms with E-state index in [9.17, 15) is 19.5 Å². The van der Waals surface area contributed by atoms with E-state index < -0.39 is 24.6 Å². The highest BCUT2D eigenvalue weighted by Gasteiger charge is 2.34. The summed E-state index contributed by atoms with van der Waals surface area (Å²) in [6, 6.07) is 6.02. The van der Waals surface area contributed by atoms with Crippen molar-refractivity contribution in [3.8, 4) is 0 Å². The van der Waals surface area contributed by atoms with Gasteiger partial charge in [-0.2, -0.15) is 0 Å². The first-order valence-electron chi connectivity index (χ1n) is 11.2. The summed E-state index contributed by atoms with van der Waals surface area (Å²) in [7, 11) is 0. The van der Waals surface area contributed by atoms with Crippen LogP contribution >= 0.6 is 11.8 Å². The minimum Gasteiger partial charge on any atom is -0.480 e. The molecule has 0 bridgehead atoms. The van der Waals surface area contributed by atoms with E-state index in [0.717, 1.165) is 24.2 Å². The first-order valence-corrected chi connectivity index (χ1v) is 12.1. The van der Waals surface area contributed by atoms with E-state index in [0.29, 0.717) is 17.9 Å². The van der Waals surface area contributed by atoms with Gasteiger partial charge < -0.3 is 9.84 Å². The van der Waals surface area contributed by atoms with Crippen LogP contribution in [0.1, 0.15) is 58.8 Å². The Kier molecular flexibility index (Phi) is 10.9. The van der Waals surface area contributed by atoms with Gasteiger partial charge in [0.15, 0.2) is 0 Å². The third-order valence-corrected chi connectivity index (χ3v) is 6.40. The van der Waals surface area contributed by atoms with Crippen LogP contribution in [0.2, 0.25) is 0 Å². The Bertz CT molecular complexity index is 742. The number of carboxylic acid groups (broad SMARTS) is 1. The van der Waals surface area contributed by atoms with E-state index in [2.05, 4.69) is 12.2 Å². The van der Waals surface area contributed by atoms with Crippen molar-refractivity contribution in [1.82, 2.24) is 5.32 Å². The lowest BCUT2D eigenvalue weighted by molar-refractivity contribution is -0.146. The molecule has 2 N–H and O–H groups in total. The maximum Gasteiger partial charge on any atom is 0.323 e. The molecule has 7 nitrogen and oxygen atoms in total. The van der Waals surface area contributed by atoms with E-state index in [-0.39, 0.29) is 18.5 Å². The number of thioether (sulfide) groups is 1. The minimum absolute atomic E-state index is 0.275. The molecule has 1 heterocycles. The van der Waals surface area contributed by atoms with Crippen molar-refractivity contribution in [3.05, 3.63) is 24.3 Å². The van der Waals surface area contributed by atoms with Crippen LogP contribution in [0.4, 0.5) is 5.69 Å². The molecule has 0 saturated heterocycles. The van der Waals surface area contributed by atoms with E-state index in [1.54, 1.807) is 19.1 Å². The van der Waals surface area contributed by atoms with Gasteiger partial charge in [0.1, 0.15) is 12.6 Å². The van der Waals surface area contributed by atoms with E-state index in [1.165, 1.54) is 35.9 Å². The smallest absolute Gasteiger partial charge is 0.323 e. The number of carboxylic acids is 1. The molecule has 172 valence electrons. The van der Waals surface area contributed by atoms with Gasteiger partial charge in [0.2, 0.25) is 5.91 Å². The molecule has 2 rings (SSSR count). The number of para-hydroxylation sites is 1. The molecule has 31 heavy (non-hydrogen) atoms. The van der Waals surface area contributed by atoms with Crippen molar-refractivity contribution in [1.29, 1.82) is 0 Å². The average molecular weight is 451 g/mol. The fraction of sp³-hybridized carbons (Fsp3) is 0.609. The van der Waals surface area contributed by atoms with Gasteiger partial charge in [0, 0.05) is 10.6 Å². The second-order valence-corrected chi connectivity index (χ2v) is 8.74. The molecule has 0 spiro atoms. The number of benzene rings is 1. The van der Waals surface area contributed by atoms with Crippen LogP contribution < -0.4 is 10.2 Å². The number of carbonyl (C=O) groups is 3.